The lowest BCUT2D eigenvalue weighted by Gasteiger charge is -2.34. The summed E-state index contributed by atoms with van der Waals surface area (Å²) in [5.74, 6) is 0.148. The van der Waals surface area contributed by atoms with Crippen molar-refractivity contribution in [2.75, 3.05) is 43.4 Å². The Hall–Kier alpha value is -3.85. The third kappa shape index (κ3) is 4.84. The SMILES string of the molecule is CN1CCN(c2ccc(Nc3ccoc3C(=N)Oc3cccc([N+](=O)[O-])c3)cc2)CC1. The highest BCUT2D eigenvalue weighted by Crippen LogP contribution is 2.27. The van der Waals surface area contributed by atoms with Crippen molar-refractivity contribution in [3.63, 3.8) is 0 Å². The van der Waals surface area contributed by atoms with E-state index in [9.17, 15) is 10.1 Å². The number of nitrogens with one attached hydrogen (secondary N) is 2. The number of non-ortho nitro benzene ring substituents is 1. The van der Waals surface area contributed by atoms with Crippen LogP contribution < -0.4 is 15.0 Å². The molecule has 31 heavy (non-hydrogen) atoms. The number of ether oxygens (including phenoxy) is 1. The molecule has 0 unspecified atom stereocenters. The number of piperazine rings is 1. The third-order valence-corrected chi connectivity index (χ3v) is 5.13. The van der Waals surface area contributed by atoms with Crippen molar-refractivity contribution in [1.29, 1.82) is 5.41 Å². The predicted molar refractivity (Wildman–Crippen MR) is 119 cm³/mol. The molecule has 0 bridgehead atoms. The Balaban J connectivity index is 1.43. The molecule has 2 aromatic carbocycles. The summed E-state index contributed by atoms with van der Waals surface area (Å²) in [6, 6.07) is 15.5. The summed E-state index contributed by atoms with van der Waals surface area (Å²) < 4.78 is 10.9. The van der Waals surface area contributed by atoms with Crippen LogP contribution in [0.1, 0.15) is 5.76 Å². The maximum absolute atomic E-state index is 10.9. The minimum absolute atomic E-state index is 0.108. The van der Waals surface area contributed by atoms with Crippen molar-refractivity contribution in [3.8, 4) is 5.75 Å². The van der Waals surface area contributed by atoms with E-state index in [-0.39, 0.29) is 23.1 Å². The smallest absolute Gasteiger partial charge is 0.273 e. The topological polar surface area (TPSA) is 108 Å². The highest BCUT2D eigenvalue weighted by Gasteiger charge is 2.17. The summed E-state index contributed by atoms with van der Waals surface area (Å²) in [6.45, 7) is 4.10. The van der Waals surface area contributed by atoms with E-state index in [0.29, 0.717) is 5.69 Å². The number of nitro groups is 1. The molecular formula is C22H23N5O4. The molecule has 1 aliphatic heterocycles. The van der Waals surface area contributed by atoms with Gasteiger partial charge in [0.1, 0.15) is 5.75 Å². The van der Waals surface area contributed by atoms with Gasteiger partial charge in [-0.2, -0.15) is 0 Å². The molecule has 0 aliphatic carbocycles. The minimum Gasteiger partial charge on any atom is -0.457 e. The van der Waals surface area contributed by atoms with Crippen LogP contribution in [0.3, 0.4) is 0 Å². The van der Waals surface area contributed by atoms with Crippen LogP contribution in [-0.2, 0) is 0 Å². The summed E-state index contributed by atoms with van der Waals surface area (Å²) in [5, 5.41) is 22.4. The lowest BCUT2D eigenvalue weighted by atomic mass is 10.2. The van der Waals surface area contributed by atoms with Gasteiger partial charge in [0, 0.05) is 49.7 Å². The van der Waals surface area contributed by atoms with Crippen LogP contribution in [0.4, 0.5) is 22.7 Å². The van der Waals surface area contributed by atoms with Crippen LogP contribution in [-0.4, -0.2) is 48.9 Å². The lowest BCUT2D eigenvalue weighted by Crippen LogP contribution is -2.44. The van der Waals surface area contributed by atoms with Crippen molar-refractivity contribution >= 4 is 28.6 Å². The number of hydrogen-bond acceptors (Lipinski definition) is 8. The van der Waals surface area contributed by atoms with E-state index < -0.39 is 4.92 Å². The van der Waals surface area contributed by atoms with E-state index in [2.05, 4.69) is 34.3 Å². The van der Waals surface area contributed by atoms with Crippen molar-refractivity contribution < 1.29 is 14.1 Å². The van der Waals surface area contributed by atoms with Gasteiger partial charge < -0.3 is 24.3 Å². The van der Waals surface area contributed by atoms with Crippen LogP contribution in [0.5, 0.6) is 5.75 Å². The second kappa shape index (κ2) is 8.88. The van der Waals surface area contributed by atoms with E-state index in [1.165, 1.54) is 30.1 Å². The van der Waals surface area contributed by atoms with Crippen LogP contribution in [0.2, 0.25) is 0 Å². The summed E-state index contributed by atoms with van der Waals surface area (Å²) in [5.41, 5.74) is 2.49. The van der Waals surface area contributed by atoms with Crippen molar-refractivity contribution in [2.45, 2.75) is 0 Å². The largest absolute Gasteiger partial charge is 0.457 e. The van der Waals surface area contributed by atoms with Crippen molar-refractivity contribution in [1.82, 2.24) is 4.90 Å². The fourth-order valence-corrected chi connectivity index (χ4v) is 3.38. The number of nitrogens with zero attached hydrogens (tertiary/aromatic N) is 3. The molecule has 1 aromatic heterocycles. The molecule has 0 radical (unpaired) electrons. The molecule has 1 aliphatic rings. The summed E-state index contributed by atoms with van der Waals surface area (Å²) in [7, 11) is 2.13. The fourth-order valence-electron chi connectivity index (χ4n) is 3.38. The zero-order valence-electron chi connectivity index (χ0n) is 17.1. The molecule has 1 saturated heterocycles. The zero-order chi connectivity index (χ0) is 21.8. The van der Waals surface area contributed by atoms with E-state index in [1.54, 1.807) is 12.1 Å². The minimum atomic E-state index is -0.512. The Morgan fingerprint density at radius 2 is 1.87 bits per heavy atom. The molecule has 2 heterocycles. The first kappa shape index (κ1) is 20.4. The standard InChI is InChI=1S/C22H23N5O4/c1-25-10-12-26(13-11-25)17-7-5-16(6-8-17)24-20-9-14-30-21(20)22(23)31-19-4-2-3-18(15-19)27(28)29/h2-9,14-15,23-24H,10-13H2,1H3. The number of hydrogen-bond donors (Lipinski definition) is 2. The van der Waals surface area contributed by atoms with Gasteiger partial charge in [0.05, 0.1) is 22.9 Å². The third-order valence-electron chi connectivity index (χ3n) is 5.13. The van der Waals surface area contributed by atoms with Gasteiger partial charge in [0.2, 0.25) is 5.76 Å². The molecule has 3 aromatic rings. The average molecular weight is 421 g/mol. The van der Waals surface area contributed by atoms with Crippen molar-refractivity contribution in [3.05, 3.63) is 76.7 Å². The molecule has 0 atom stereocenters. The summed E-state index contributed by atoms with van der Waals surface area (Å²) in [6.07, 6.45) is 1.46. The van der Waals surface area contributed by atoms with Gasteiger partial charge in [-0.25, -0.2) is 0 Å². The number of likely N-dealkylation sites (N-methyl/N-ethyl adjacent to an activating group) is 1. The first-order chi connectivity index (χ1) is 15.0. The van der Waals surface area contributed by atoms with Crippen LogP contribution in [0.15, 0.2) is 65.3 Å². The van der Waals surface area contributed by atoms with Gasteiger partial charge >= 0.3 is 0 Å². The van der Waals surface area contributed by atoms with E-state index in [0.717, 1.165) is 31.9 Å². The van der Waals surface area contributed by atoms with Crippen molar-refractivity contribution in [2.24, 2.45) is 0 Å². The molecule has 1 fully saturated rings. The predicted octanol–water partition coefficient (Wildman–Crippen LogP) is 4.09. The summed E-state index contributed by atoms with van der Waals surface area (Å²) in [4.78, 5) is 15.1. The van der Waals surface area contributed by atoms with Crippen LogP contribution >= 0.6 is 0 Å². The normalized spacial score (nSPS) is 14.3. The Morgan fingerprint density at radius 3 is 2.58 bits per heavy atom. The van der Waals surface area contributed by atoms with Gasteiger partial charge in [-0.05, 0) is 37.4 Å². The second-order valence-corrected chi connectivity index (χ2v) is 7.31. The first-order valence-electron chi connectivity index (χ1n) is 9.89. The van der Waals surface area contributed by atoms with E-state index in [4.69, 9.17) is 14.6 Å². The zero-order valence-corrected chi connectivity index (χ0v) is 17.1. The molecule has 2 N–H and O–H groups in total. The molecule has 0 spiro atoms. The monoisotopic (exact) mass is 421 g/mol. The van der Waals surface area contributed by atoms with E-state index in [1.807, 2.05) is 12.1 Å². The number of rotatable bonds is 6. The molecule has 4 rings (SSSR count). The first-order valence-corrected chi connectivity index (χ1v) is 9.89. The van der Waals surface area contributed by atoms with E-state index >= 15 is 0 Å². The molecular weight excluding hydrogens is 398 g/mol. The quantitative estimate of drug-likeness (QED) is 0.267. The molecule has 160 valence electrons. The number of benzene rings is 2. The highest BCUT2D eigenvalue weighted by atomic mass is 16.6. The maximum Gasteiger partial charge on any atom is 0.273 e. The Morgan fingerprint density at radius 1 is 1.13 bits per heavy atom. The molecule has 9 nitrogen and oxygen atoms in total. The summed E-state index contributed by atoms with van der Waals surface area (Å²) >= 11 is 0. The Kier molecular flexibility index (Phi) is 5.85. The molecule has 9 heteroatoms. The maximum atomic E-state index is 10.9. The van der Waals surface area contributed by atoms with Gasteiger partial charge in [-0.15, -0.1) is 0 Å². The lowest BCUT2D eigenvalue weighted by molar-refractivity contribution is -0.384. The van der Waals surface area contributed by atoms with Gasteiger partial charge in [-0.3, -0.25) is 15.5 Å². The highest BCUT2D eigenvalue weighted by molar-refractivity contribution is 5.96. The second-order valence-electron chi connectivity index (χ2n) is 7.31. The average Bonchev–Trinajstić information content (AvgIpc) is 3.23. The van der Waals surface area contributed by atoms with Gasteiger partial charge in [-0.1, -0.05) is 6.07 Å². The van der Waals surface area contributed by atoms with Gasteiger partial charge in [0.15, 0.2) is 0 Å². The van der Waals surface area contributed by atoms with Crippen LogP contribution in [0.25, 0.3) is 0 Å². The Labute approximate surface area is 179 Å². The Bertz CT molecular complexity index is 1070. The molecule has 0 amide bonds. The fraction of sp³-hybridized carbons (Fsp3) is 0.227. The molecule has 0 saturated carbocycles. The number of furan rings is 1. The van der Waals surface area contributed by atoms with Gasteiger partial charge in [0.25, 0.3) is 11.6 Å². The number of nitro benzene ring substituents is 1. The van der Waals surface area contributed by atoms with Crippen LogP contribution in [0, 0.1) is 15.5 Å². The number of anilines is 3.